The number of pyridine rings is 1. The third-order valence-electron chi connectivity index (χ3n) is 5.28. The summed E-state index contributed by atoms with van der Waals surface area (Å²) in [5.74, 6) is 0.00173. The van der Waals surface area contributed by atoms with Crippen LogP contribution in [-0.2, 0) is 4.79 Å². The lowest BCUT2D eigenvalue weighted by molar-refractivity contribution is -0.107. The zero-order valence-electron chi connectivity index (χ0n) is 20.5. The van der Waals surface area contributed by atoms with Crippen molar-refractivity contribution < 1.29 is 19.4 Å². The van der Waals surface area contributed by atoms with Gasteiger partial charge in [0.2, 0.25) is 0 Å². The number of aromatic nitrogens is 3. The molecule has 0 amide bonds. The van der Waals surface area contributed by atoms with Gasteiger partial charge in [-0.05, 0) is 56.5 Å². The van der Waals surface area contributed by atoms with Crippen molar-refractivity contribution >= 4 is 17.9 Å². The second-order valence-electron chi connectivity index (χ2n) is 8.75. The smallest absolute Gasteiger partial charge is 0.195 e. The van der Waals surface area contributed by atoms with Crippen molar-refractivity contribution in [2.75, 3.05) is 5.32 Å². The van der Waals surface area contributed by atoms with Gasteiger partial charge < -0.3 is 15.2 Å². The predicted octanol–water partition coefficient (Wildman–Crippen LogP) is 5.14. The third kappa shape index (κ3) is 6.50. The van der Waals surface area contributed by atoms with Gasteiger partial charge in [0.15, 0.2) is 17.8 Å². The van der Waals surface area contributed by atoms with E-state index in [1.54, 1.807) is 43.3 Å². The summed E-state index contributed by atoms with van der Waals surface area (Å²) in [6, 6.07) is 13.0. The largest absolute Gasteiger partial charge is 0.504 e. The van der Waals surface area contributed by atoms with Crippen LogP contribution in [0.25, 0.3) is 0 Å². The van der Waals surface area contributed by atoms with Gasteiger partial charge >= 0.3 is 0 Å². The number of benzene rings is 1. The summed E-state index contributed by atoms with van der Waals surface area (Å²) in [5, 5.41) is 21.8. The molecule has 0 saturated heterocycles. The Kier molecular flexibility index (Phi) is 8.30. The van der Waals surface area contributed by atoms with Gasteiger partial charge in [0.05, 0.1) is 29.3 Å². The average molecular weight is 475 g/mol. The Morgan fingerprint density at radius 3 is 2.23 bits per heavy atom. The number of aldehydes is 1. The topological polar surface area (TPSA) is 114 Å². The Morgan fingerprint density at radius 2 is 1.71 bits per heavy atom. The first-order valence-corrected chi connectivity index (χ1v) is 11.4. The number of Topliss-reactive ketones (excluding diaryl/α,β-unsaturated/α-hetero) is 1. The van der Waals surface area contributed by atoms with Crippen LogP contribution in [-0.4, -0.2) is 38.5 Å². The van der Waals surface area contributed by atoms with E-state index in [9.17, 15) is 14.7 Å². The Hall–Kier alpha value is -4.07. The highest BCUT2D eigenvalue weighted by atomic mass is 16.5. The number of carbonyl (C=O) groups excluding carboxylic acids is 2. The van der Waals surface area contributed by atoms with Crippen LogP contribution in [0.5, 0.6) is 5.75 Å². The molecule has 8 nitrogen and oxygen atoms in total. The molecule has 0 bridgehead atoms. The van der Waals surface area contributed by atoms with Crippen molar-refractivity contribution in [2.45, 2.75) is 52.7 Å². The maximum atomic E-state index is 13.6. The van der Waals surface area contributed by atoms with Gasteiger partial charge in [-0.25, -0.2) is 0 Å². The molecule has 182 valence electrons. The Labute approximate surface area is 205 Å². The lowest BCUT2D eigenvalue weighted by Crippen LogP contribution is -2.23. The summed E-state index contributed by atoms with van der Waals surface area (Å²) < 4.78 is 5.67. The minimum atomic E-state index is -0.984. The van der Waals surface area contributed by atoms with Crippen molar-refractivity contribution in [1.29, 1.82) is 0 Å². The second kappa shape index (κ2) is 11.4. The maximum absolute atomic E-state index is 13.6. The number of hydrogen-bond acceptors (Lipinski definition) is 8. The van der Waals surface area contributed by atoms with Crippen LogP contribution < -0.4 is 10.1 Å². The highest BCUT2D eigenvalue weighted by Crippen LogP contribution is 2.30. The number of aliphatic hydroxyl groups is 1. The number of ether oxygens (including phenoxy) is 1. The van der Waals surface area contributed by atoms with E-state index in [4.69, 9.17) is 4.74 Å². The van der Waals surface area contributed by atoms with E-state index in [1.807, 2.05) is 26.0 Å². The molecule has 2 aromatic heterocycles. The van der Waals surface area contributed by atoms with E-state index in [0.717, 1.165) is 5.56 Å². The van der Waals surface area contributed by atoms with Crippen molar-refractivity contribution in [3.05, 3.63) is 88.6 Å². The fourth-order valence-corrected chi connectivity index (χ4v) is 3.46. The zero-order valence-corrected chi connectivity index (χ0v) is 20.5. The first kappa shape index (κ1) is 25.6. The van der Waals surface area contributed by atoms with E-state index in [-0.39, 0.29) is 18.0 Å². The van der Waals surface area contributed by atoms with Crippen molar-refractivity contribution in [2.24, 2.45) is 0 Å². The maximum Gasteiger partial charge on any atom is 0.195 e. The van der Waals surface area contributed by atoms with Gasteiger partial charge in [0.1, 0.15) is 17.6 Å². The quantitative estimate of drug-likeness (QED) is 0.180. The van der Waals surface area contributed by atoms with Gasteiger partial charge in [0, 0.05) is 5.56 Å². The van der Waals surface area contributed by atoms with Crippen LogP contribution >= 0.6 is 0 Å². The van der Waals surface area contributed by atoms with Gasteiger partial charge in [-0.2, -0.15) is 5.10 Å². The first-order valence-electron chi connectivity index (χ1n) is 11.4. The molecule has 2 heterocycles. The lowest BCUT2D eigenvalue weighted by Gasteiger charge is -2.22. The molecule has 1 atom stereocenters. The summed E-state index contributed by atoms with van der Waals surface area (Å²) in [6.45, 7) is 9.72. The molecule has 0 aliphatic heterocycles. The molecule has 0 aliphatic rings. The van der Waals surface area contributed by atoms with Crippen LogP contribution in [0.1, 0.15) is 67.0 Å². The SMILES string of the molecule is Cc1ccc(NC(/C(C(=O)c2ccc(C(C)C)cc2)=C(/O)C=O)c2ccc(OC(C)C)cn2)nn1. The molecule has 3 rings (SSSR count). The number of rotatable bonds is 10. The Balaban J connectivity index is 2.08. The molecule has 0 radical (unpaired) electrons. The van der Waals surface area contributed by atoms with Gasteiger partial charge in [0.25, 0.3) is 0 Å². The van der Waals surface area contributed by atoms with Crippen LogP contribution in [0.15, 0.2) is 66.1 Å². The van der Waals surface area contributed by atoms with Crippen molar-refractivity contribution in [3.8, 4) is 5.75 Å². The molecule has 0 fully saturated rings. The van der Waals surface area contributed by atoms with Gasteiger partial charge in [-0.1, -0.05) is 38.1 Å². The van der Waals surface area contributed by atoms with Crippen LogP contribution in [0.3, 0.4) is 0 Å². The molecule has 3 aromatic rings. The average Bonchev–Trinajstić information content (AvgIpc) is 2.84. The molecule has 2 N–H and O–H groups in total. The number of hydrogen-bond donors (Lipinski definition) is 2. The van der Waals surface area contributed by atoms with Crippen LogP contribution in [0.2, 0.25) is 0 Å². The Morgan fingerprint density at radius 1 is 1.00 bits per heavy atom. The Bertz CT molecular complexity index is 1190. The normalized spacial score (nSPS) is 12.8. The van der Waals surface area contributed by atoms with E-state index >= 15 is 0 Å². The highest BCUT2D eigenvalue weighted by molar-refractivity contribution is 6.12. The minimum Gasteiger partial charge on any atom is -0.504 e. The number of carbonyl (C=O) groups is 2. The number of nitrogens with one attached hydrogen (secondary N) is 1. The standard InChI is InChI=1S/C27H30N4O4/c1-16(2)19-7-9-20(10-8-19)27(34)25(23(33)15-32)26(29-24-13-6-18(5)30-31-24)22-12-11-21(14-28-22)35-17(3)4/h6-17,26,33H,1-5H3,(H,29,31)/b25-23-. The lowest BCUT2D eigenvalue weighted by atomic mass is 9.92. The predicted molar refractivity (Wildman–Crippen MR) is 134 cm³/mol. The fourth-order valence-electron chi connectivity index (χ4n) is 3.46. The molecular formula is C27H30N4O4. The van der Waals surface area contributed by atoms with Crippen molar-refractivity contribution in [3.63, 3.8) is 0 Å². The summed E-state index contributed by atoms with van der Waals surface area (Å²) in [4.78, 5) is 29.7. The number of aliphatic hydroxyl groups excluding tert-OH is 1. The summed E-state index contributed by atoms with van der Waals surface area (Å²) in [7, 11) is 0. The highest BCUT2D eigenvalue weighted by Gasteiger charge is 2.29. The number of anilines is 1. The number of nitrogens with zero attached hydrogens (tertiary/aromatic N) is 3. The molecule has 0 aliphatic carbocycles. The fraction of sp³-hybridized carbons (Fsp3) is 0.296. The zero-order chi connectivity index (χ0) is 25.5. The number of aryl methyl sites for hydroxylation is 1. The number of allylic oxidation sites excluding steroid dienone is 1. The molecule has 35 heavy (non-hydrogen) atoms. The summed E-state index contributed by atoms with van der Waals surface area (Å²) >= 11 is 0. The van der Waals surface area contributed by atoms with Crippen molar-refractivity contribution in [1.82, 2.24) is 15.2 Å². The van der Waals surface area contributed by atoms with E-state index in [0.29, 0.717) is 34.4 Å². The molecule has 0 saturated carbocycles. The molecular weight excluding hydrogens is 444 g/mol. The summed E-state index contributed by atoms with van der Waals surface area (Å²) in [5.41, 5.74) is 2.36. The van der Waals surface area contributed by atoms with E-state index < -0.39 is 17.6 Å². The molecule has 1 unspecified atom stereocenters. The second-order valence-corrected chi connectivity index (χ2v) is 8.75. The summed E-state index contributed by atoms with van der Waals surface area (Å²) in [6.07, 6.45) is 1.74. The molecule has 0 spiro atoms. The van der Waals surface area contributed by atoms with Crippen LogP contribution in [0.4, 0.5) is 5.82 Å². The van der Waals surface area contributed by atoms with Gasteiger partial charge in [-0.3, -0.25) is 14.6 Å². The van der Waals surface area contributed by atoms with E-state index in [1.165, 1.54) is 6.20 Å². The van der Waals surface area contributed by atoms with E-state index in [2.05, 4.69) is 34.3 Å². The third-order valence-corrected chi connectivity index (χ3v) is 5.28. The molecule has 8 heteroatoms. The first-order chi connectivity index (χ1) is 16.7. The number of ketones is 1. The minimum absolute atomic E-state index is 0.0376. The van der Waals surface area contributed by atoms with Crippen LogP contribution in [0, 0.1) is 6.92 Å². The van der Waals surface area contributed by atoms with Gasteiger partial charge in [-0.15, -0.1) is 5.10 Å². The molecule has 1 aromatic carbocycles. The monoisotopic (exact) mass is 474 g/mol.